The third kappa shape index (κ3) is 5.40. The van der Waals surface area contributed by atoms with Crippen LogP contribution in [-0.4, -0.2) is 6.04 Å². The van der Waals surface area contributed by atoms with Gasteiger partial charge >= 0.3 is 0 Å². The summed E-state index contributed by atoms with van der Waals surface area (Å²) < 4.78 is 18.7. The molecule has 1 unspecified atom stereocenters. The molecule has 110 valence electrons. The van der Waals surface area contributed by atoms with Gasteiger partial charge in [0.1, 0.15) is 18.2 Å². The highest BCUT2D eigenvalue weighted by atomic mass is 19.1. The predicted molar refractivity (Wildman–Crippen MR) is 84.5 cm³/mol. The molecule has 0 aromatic heterocycles. The van der Waals surface area contributed by atoms with Gasteiger partial charge in [0.25, 0.3) is 0 Å². The number of ether oxygens (including phenoxy) is 1. The van der Waals surface area contributed by atoms with E-state index in [0.717, 1.165) is 23.3 Å². The molecule has 2 aromatic carbocycles. The fraction of sp³-hybridized carbons (Fsp3) is 0.222. The molecule has 2 N–H and O–H groups in total. The monoisotopic (exact) mass is 285 g/mol. The first-order valence-corrected chi connectivity index (χ1v) is 7.03. The van der Waals surface area contributed by atoms with Gasteiger partial charge in [0, 0.05) is 6.04 Å². The van der Waals surface area contributed by atoms with Gasteiger partial charge in [-0.25, -0.2) is 4.39 Å². The van der Waals surface area contributed by atoms with E-state index in [2.05, 4.69) is 6.08 Å². The Hall–Kier alpha value is -2.13. The van der Waals surface area contributed by atoms with Crippen molar-refractivity contribution in [3.05, 3.63) is 71.6 Å². The Morgan fingerprint density at radius 3 is 2.62 bits per heavy atom. The lowest BCUT2D eigenvalue weighted by atomic mass is 10.1. The summed E-state index contributed by atoms with van der Waals surface area (Å²) in [5, 5.41) is 0. The second-order valence-corrected chi connectivity index (χ2v) is 5.10. The van der Waals surface area contributed by atoms with Crippen LogP contribution in [0, 0.1) is 5.82 Å². The van der Waals surface area contributed by atoms with E-state index < -0.39 is 0 Å². The summed E-state index contributed by atoms with van der Waals surface area (Å²) in [4.78, 5) is 0. The van der Waals surface area contributed by atoms with Crippen LogP contribution in [0.3, 0.4) is 0 Å². The van der Waals surface area contributed by atoms with Crippen molar-refractivity contribution in [2.24, 2.45) is 5.73 Å². The van der Waals surface area contributed by atoms with Crippen LogP contribution in [0.4, 0.5) is 4.39 Å². The van der Waals surface area contributed by atoms with Crippen LogP contribution in [0.25, 0.3) is 6.08 Å². The third-order valence-corrected chi connectivity index (χ3v) is 2.99. The summed E-state index contributed by atoms with van der Waals surface area (Å²) in [5.74, 6) is 0.523. The summed E-state index contributed by atoms with van der Waals surface area (Å²) in [7, 11) is 0. The van der Waals surface area contributed by atoms with Crippen molar-refractivity contribution in [2.45, 2.75) is 26.0 Å². The zero-order valence-corrected chi connectivity index (χ0v) is 12.1. The van der Waals surface area contributed by atoms with Crippen molar-refractivity contribution in [2.75, 3.05) is 0 Å². The SMILES string of the molecule is CC(N)CC=Cc1ccc(OCc2cccc(F)c2)cc1. The molecule has 1 atom stereocenters. The molecule has 21 heavy (non-hydrogen) atoms. The molecule has 0 heterocycles. The third-order valence-electron chi connectivity index (χ3n) is 2.99. The largest absolute Gasteiger partial charge is 0.489 e. The van der Waals surface area contributed by atoms with Gasteiger partial charge in [0.15, 0.2) is 0 Å². The zero-order chi connectivity index (χ0) is 15.1. The van der Waals surface area contributed by atoms with E-state index >= 15 is 0 Å². The van der Waals surface area contributed by atoms with Crippen LogP contribution in [0.2, 0.25) is 0 Å². The minimum Gasteiger partial charge on any atom is -0.489 e. The summed E-state index contributed by atoms with van der Waals surface area (Å²) in [5.41, 5.74) is 7.61. The van der Waals surface area contributed by atoms with Gasteiger partial charge in [-0.15, -0.1) is 0 Å². The maximum absolute atomic E-state index is 13.0. The lowest BCUT2D eigenvalue weighted by Crippen LogP contribution is -2.12. The van der Waals surface area contributed by atoms with E-state index in [0.29, 0.717) is 6.61 Å². The number of benzene rings is 2. The molecule has 3 heteroatoms. The highest BCUT2D eigenvalue weighted by Crippen LogP contribution is 2.15. The van der Waals surface area contributed by atoms with E-state index in [-0.39, 0.29) is 11.9 Å². The average molecular weight is 285 g/mol. The molecule has 0 saturated carbocycles. The standard InChI is InChI=1S/C18H20FNO/c1-14(20)4-2-5-15-8-10-18(11-9-15)21-13-16-6-3-7-17(19)12-16/h2-3,5-12,14H,4,13,20H2,1H3. The van der Waals surface area contributed by atoms with Crippen LogP contribution < -0.4 is 10.5 Å². The topological polar surface area (TPSA) is 35.2 Å². The maximum atomic E-state index is 13.0. The molecule has 2 rings (SSSR count). The first kappa shape index (κ1) is 15.3. The van der Waals surface area contributed by atoms with Crippen molar-refractivity contribution in [1.82, 2.24) is 0 Å². The molecule has 2 nitrogen and oxygen atoms in total. The van der Waals surface area contributed by atoms with Crippen LogP contribution >= 0.6 is 0 Å². The molecule has 0 saturated heterocycles. The van der Waals surface area contributed by atoms with Crippen LogP contribution in [-0.2, 0) is 6.61 Å². The van der Waals surface area contributed by atoms with Crippen LogP contribution in [0.1, 0.15) is 24.5 Å². The molecule has 0 aliphatic carbocycles. The molecular weight excluding hydrogens is 265 g/mol. The first-order valence-electron chi connectivity index (χ1n) is 7.03. The van der Waals surface area contributed by atoms with Crippen molar-refractivity contribution in [1.29, 1.82) is 0 Å². The maximum Gasteiger partial charge on any atom is 0.123 e. The van der Waals surface area contributed by atoms with E-state index in [1.54, 1.807) is 6.07 Å². The molecule has 0 spiro atoms. The normalized spacial score (nSPS) is 12.5. The Morgan fingerprint density at radius 2 is 1.95 bits per heavy atom. The van der Waals surface area contributed by atoms with Crippen molar-refractivity contribution < 1.29 is 9.13 Å². The summed E-state index contributed by atoms with van der Waals surface area (Å²) in [6.45, 7) is 2.34. The highest BCUT2D eigenvalue weighted by molar-refractivity contribution is 5.50. The minimum atomic E-state index is -0.245. The van der Waals surface area contributed by atoms with Gasteiger partial charge in [0.05, 0.1) is 0 Å². The number of hydrogen-bond donors (Lipinski definition) is 1. The predicted octanol–water partition coefficient (Wildman–Crippen LogP) is 4.16. The van der Waals surface area contributed by atoms with Crippen molar-refractivity contribution in [3.63, 3.8) is 0 Å². The quantitative estimate of drug-likeness (QED) is 0.865. The summed E-state index contributed by atoms with van der Waals surface area (Å²) >= 11 is 0. The molecular formula is C18H20FNO. The number of halogens is 1. The Labute approximate surface area is 125 Å². The van der Waals surface area contributed by atoms with Gasteiger partial charge in [-0.1, -0.05) is 36.4 Å². The zero-order valence-electron chi connectivity index (χ0n) is 12.1. The summed E-state index contributed by atoms with van der Waals surface area (Å²) in [6, 6.07) is 14.4. The van der Waals surface area contributed by atoms with E-state index in [9.17, 15) is 4.39 Å². The number of hydrogen-bond acceptors (Lipinski definition) is 2. The van der Waals surface area contributed by atoms with Gasteiger partial charge in [-0.05, 0) is 48.7 Å². The Bertz CT molecular complexity index is 590. The van der Waals surface area contributed by atoms with Gasteiger partial charge < -0.3 is 10.5 Å². The molecule has 0 aliphatic heterocycles. The lowest BCUT2D eigenvalue weighted by molar-refractivity contribution is 0.305. The summed E-state index contributed by atoms with van der Waals surface area (Å²) in [6.07, 6.45) is 4.96. The Balaban J connectivity index is 1.89. The van der Waals surface area contributed by atoms with Gasteiger partial charge in [-0.2, -0.15) is 0 Å². The first-order chi connectivity index (χ1) is 10.1. The smallest absolute Gasteiger partial charge is 0.123 e. The molecule has 2 aromatic rings. The van der Waals surface area contributed by atoms with E-state index in [1.807, 2.05) is 43.3 Å². The van der Waals surface area contributed by atoms with Crippen LogP contribution in [0.15, 0.2) is 54.6 Å². The van der Waals surface area contributed by atoms with Gasteiger partial charge in [0.2, 0.25) is 0 Å². The van der Waals surface area contributed by atoms with E-state index in [4.69, 9.17) is 10.5 Å². The molecule has 0 fully saturated rings. The van der Waals surface area contributed by atoms with Crippen LogP contribution in [0.5, 0.6) is 5.75 Å². The average Bonchev–Trinajstić information content (AvgIpc) is 2.46. The fourth-order valence-electron chi connectivity index (χ4n) is 1.89. The lowest BCUT2D eigenvalue weighted by Gasteiger charge is -2.06. The van der Waals surface area contributed by atoms with E-state index in [1.165, 1.54) is 12.1 Å². The number of rotatable bonds is 6. The Morgan fingerprint density at radius 1 is 1.19 bits per heavy atom. The number of nitrogens with two attached hydrogens (primary N) is 1. The van der Waals surface area contributed by atoms with Crippen molar-refractivity contribution >= 4 is 6.08 Å². The second-order valence-electron chi connectivity index (χ2n) is 5.10. The Kier molecular flexibility index (Phi) is 5.52. The fourth-order valence-corrected chi connectivity index (χ4v) is 1.89. The van der Waals surface area contributed by atoms with Gasteiger partial charge in [-0.3, -0.25) is 0 Å². The second kappa shape index (κ2) is 7.60. The minimum absolute atomic E-state index is 0.176. The highest BCUT2D eigenvalue weighted by Gasteiger charge is 1.98. The molecule has 0 amide bonds. The molecule has 0 aliphatic rings. The van der Waals surface area contributed by atoms with Crippen molar-refractivity contribution in [3.8, 4) is 5.75 Å². The molecule has 0 bridgehead atoms. The molecule has 0 radical (unpaired) electrons.